The van der Waals surface area contributed by atoms with Gasteiger partial charge in [0, 0.05) is 24.5 Å². The van der Waals surface area contributed by atoms with E-state index in [2.05, 4.69) is 16.5 Å². The Morgan fingerprint density at radius 2 is 2.33 bits per heavy atom. The number of hydrogen-bond donors (Lipinski definition) is 0. The van der Waals surface area contributed by atoms with Crippen molar-refractivity contribution in [2.24, 2.45) is 5.92 Å². The Morgan fingerprint density at radius 3 is 3.00 bits per heavy atom. The number of carbonyl (C=O) groups excluding carboxylic acids is 1. The average Bonchev–Trinajstić information content (AvgIpc) is 2.67. The summed E-state index contributed by atoms with van der Waals surface area (Å²) < 4.78 is 4.40. The second-order valence-electron chi connectivity index (χ2n) is 4.79. The molecule has 1 atom stereocenters. The van der Waals surface area contributed by atoms with Gasteiger partial charge in [-0.2, -0.15) is 0 Å². The third-order valence-electron chi connectivity index (χ3n) is 3.47. The molecule has 0 spiro atoms. The maximum absolute atomic E-state index is 12.0. The summed E-state index contributed by atoms with van der Waals surface area (Å²) in [5, 5.41) is 3.97. The first-order valence-electron chi connectivity index (χ1n) is 6.45. The van der Waals surface area contributed by atoms with Crippen LogP contribution < -0.4 is 0 Å². The highest BCUT2D eigenvalue weighted by atomic mass is 35.5. The lowest BCUT2D eigenvalue weighted by molar-refractivity contribution is -0.131. The monoisotopic (exact) mass is 287 g/mol. The van der Waals surface area contributed by atoms with Crippen LogP contribution in [0.4, 0.5) is 0 Å². The largest absolute Gasteiger partial charge is 0.337 e. The maximum atomic E-state index is 12.0. The lowest BCUT2D eigenvalue weighted by Crippen LogP contribution is -2.30. The van der Waals surface area contributed by atoms with Crippen molar-refractivity contribution in [2.75, 3.05) is 6.54 Å². The van der Waals surface area contributed by atoms with Crippen LogP contribution in [-0.4, -0.2) is 26.9 Å². The fourth-order valence-corrected chi connectivity index (χ4v) is 3.04. The van der Waals surface area contributed by atoms with Gasteiger partial charge in [-0.1, -0.05) is 35.9 Å². The van der Waals surface area contributed by atoms with Gasteiger partial charge in [0.15, 0.2) is 0 Å². The van der Waals surface area contributed by atoms with Crippen LogP contribution in [0.1, 0.15) is 44.7 Å². The van der Waals surface area contributed by atoms with E-state index in [0.29, 0.717) is 23.2 Å². The van der Waals surface area contributed by atoms with Gasteiger partial charge in [0.1, 0.15) is 10.0 Å². The van der Waals surface area contributed by atoms with E-state index in [1.165, 1.54) is 24.4 Å². The highest BCUT2D eigenvalue weighted by Gasteiger charge is 2.23. The van der Waals surface area contributed by atoms with Crippen molar-refractivity contribution >= 4 is 29.0 Å². The van der Waals surface area contributed by atoms with Gasteiger partial charge in [0.2, 0.25) is 5.91 Å². The molecule has 0 N–H and O–H groups in total. The summed E-state index contributed by atoms with van der Waals surface area (Å²) in [4.78, 5) is 13.9. The quantitative estimate of drug-likeness (QED) is 0.855. The van der Waals surface area contributed by atoms with Crippen LogP contribution in [0.15, 0.2) is 0 Å². The van der Waals surface area contributed by atoms with E-state index in [4.69, 9.17) is 11.6 Å². The number of aromatic nitrogens is 2. The first-order valence-corrected chi connectivity index (χ1v) is 7.60. The summed E-state index contributed by atoms with van der Waals surface area (Å²) in [6.07, 6.45) is 5.18. The highest BCUT2D eigenvalue weighted by molar-refractivity contribution is 7.10. The van der Waals surface area contributed by atoms with Gasteiger partial charge in [-0.25, -0.2) is 0 Å². The van der Waals surface area contributed by atoms with Crippen molar-refractivity contribution in [2.45, 2.75) is 45.6 Å². The van der Waals surface area contributed by atoms with Crippen LogP contribution in [0.2, 0.25) is 4.34 Å². The molecule has 1 aromatic rings. The van der Waals surface area contributed by atoms with Crippen LogP contribution in [0, 0.1) is 5.92 Å². The molecule has 1 fully saturated rings. The molecule has 4 nitrogen and oxygen atoms in total. The number of carbonyl (C=O) groups is 1. The zero-order chi connectivity index (χ0) is 13.0. The third kappa shape index (κ3) is 3.42. The Kier molecular flexibility index (Phi) is 4.95. The van der Waals surface area contributed by atoms with Crippen molar-refractivity contribution in [1.29, 1.82) is 0 Å². The standard InChI is InChI=1S/C12H18ClN3OS/c1-2-3-9-4-5-11(17)16(7-6-9)8-10-12(13)18-15-14-10/h9H,2-8H2,1H3. The van der Waals surface area contributed by atoms with Crippen LogP contribution in [0.3, 0.4) is 0 Å². The fourth-order valence-electron chi connectivity index (χ4n) is 2.43. The molecule has 1 amide bonds. The van der Waals surface area contributed by atoms with Crippen molar-refractivity contribution in [1.82, 2.24) is 14.5 Å². The molecule has 1 aliphatic heterocycles. The van der Waals surface area contributed by atoms with Crippen LogP contribution in [0.25, 0.3) is 0 Å². The Hall–Kier alpha value is -0.680. The van der Waals surface area contributed by atoms with E-state index in [1.54, 1.807) is 0 Å². The van der Waals surface area contributed by atoms with Crippen LogP contribution >= 0.6 is 23.1 Å². The molecular formula is C12H18ClN3OS. The maximum Gasteiger partial charge on any atom is 0.222 e. The molecule has 0 aromatic carbocycles. The number of nitrogens with zero attached hydrogens (tertiary/aromatic N) is 3. The summed E-state index contributed by atoms with van der Waals surface area (Å²) in [6.45, 7) is 3.52. The molecular weight excluding hydrogens is 270 g/mol. The van der Waals surface area contributed by atoms with E-state index in [0.717, 1.165) is 25.1 Å². The molecule has 18 heavy (non-hydrogen) atoms. The number of rotatable bonds is 4. The Bertz CT molecular complexity index is 410. The van der Waals surface area contributed by atoms with Crippen LogP contribution in [0.5, 0.6) is 0 Å². The van der Waals surface area contributed by atoms with E-state index in [-0.39, 0.29) is 5.91 Å². The number of amides is 1. The van der Waals surface area contributed by atoms with Gasteiger partial charge in [0.05, 0.1) is 6.54 Å². The van der Waals surface area contributed by atoms with Crippen molar-refractivity contribution in [3.8, 4) is 0 Å². The number of halogens is 1. The van der Waals surface area contributed by atoms with Gasteiger partial charge in [-0.3, -0.25) is 4.79 Å². The second-order valence-corrected chi connectivity index (χ2v) is 6.15. The van der Waals surface area contributed by atoms with E-state index < -0.39 is 0 Å². The van der Waals surface area contributed by atoms with E-state index >= 15 is 0 Å². The number of hydrogen-bond acceptors (Lipinski definition) is 4. The predicted octanol–water partition coefficient (Wildman–Crippen LogP) is 3.12. The molecule has 1 aromatic heterocycles. The Labute approximate surface area is 116 Å². The van der Waals surface area contributed by atoms with Crippen molar-refractivity contribution in [3.63, 3.8) is 0 Å². The molecule has 2 rings (SSSR count). The van der Waals surface area contributed by atoms with Gasteiger partial charge >= 0.3 is 0 Å². The second kappa shape index (κ2) is 6.48. The summed E-state index contributed by atoms with van der Waals surface area (Å²) in [5.74, 6) is 0.908. The van der Waals surface area contributed by atoms with Gasteiger partial charge in [-0.05, 0) is 18.8 Å². The third-order valence-corrected chi connectivity index (χ3v) is 4.46. The van der Waals surface area contributed by atoms with Crippen molar-refractivity contribution in [3.05, 3.63) is 10.0 Å². The van der Waals surface area contributed by atoms with E-state index in [1.807, 2.05) is 4.90 Å². The lowest BCUT2D eigenvalue weighted by atomic mass is 9.96. The number of likely N-dealkylation sites (tertiary alicyclic amines) is 1. The Morgan fingerprint density at radius 1 is 1.50 bits per heavy atom. The SMILES string of the molecule is CCCC1CCC(=O)N(Cc2nnsc2Cl)CC1. The smallest absolute Gasteiger partial charge is 0.222 e. The minimum atomic E-state index is 0.220. The van der Waals surface area contributed by atoms with Gasteiger partial charge < -0.3 is 4.90 Å². The topological polar surface area (TPSA) is 46.1 Å². The molecule has 0 bridgehead atoms. The molecule has 0 radical (unpaired) electrons. The molecule has 0 aliphatic carbocycles. The summed E-state index contributed by atoms with van der Waals surface area (Å²) in [7, 11) is 0. The molecule has 1 saturated heterocycles. The van der Waals surface area contributed by atoms with Gasteiger partial charge in [-0.15, -0.1) is 5.10 Å². The van der Waals surface area contributed by atoms with E-state index in [9.17, 15) is 4.79 Å². The molecule has 0 saturated carbocycles. The first kappa shape index (κ1) is 13.7. The van der Waals surface area contributed by atoms with Crippen molar-refractivity contribution < 1.29 is 4.79 Å². The molecule has 1 unspecified atom stereocenters. The average molecular weight is 288 g/mol. The summed E-state index contributed by atoms with van der Waals surface area (Å²) in [6, 6.07) is 0. The minimum absolute atomic E-state index is 0.220. The van der Waals surface area contributed by atoms with Gasteiger partial charge in [0.25, 0.3) is 0 Å². The predicted molar refractivity (Wildman–Crippen MR) is 72.6 cm³/mol. The lowest BCUT2D eigenvalue weighted by Gasteiger charge is -2.19. The zero-order valence-electron chi connectivity index (χ0n) is 10.6. The highest BCUT2D eigenvalue weighted by Crippen LogP contribution is 2.25. The molecule has 100 valence electrons. The summed E-state index contributed by atoms with van der Waals surface area (Å²) >= 11 is 7.16. The molecule has 2 heterocycles. The fraction of sp³-hybridized carbons (Fsp3) is 0.750. The zero-order valence-corrected chi connectivity index (χ0v) is 12.1. The molecule has 6 heteroatoms. The summed E-state index contributed by atoms with van der Waals surface area (Å²) in [5.41, 5.74) is 0.726. The minimum Gasteiger partial charge on any atom is -0.337 e. The first-order chi connectivity index (χ1) is 8.70. The molecule has 1 aliphatic rings. The Balaban J connectivity index is 1.96. The normalized spacial score (nSPS) is 21.1. The van der Waals surface area contributed by atoms with Crippen LogP contribution in [-0.2, 0) is 11.3 Å².